The quantitative estimate of drug-likeness (QED) is 0.748. The summed E-state index contributed by atoms with van der Waals surface area (Å²) in [6.07, 6.45) is 4.42. The number of benzene rings is 1. The fourth-order valence-electron chi connectivity index (χ4n) is 3.67. The van der Waals surface area contributed by atoms with E-state index in [0.29, 0.717) is 17.5 Å². The van der Waals surface area contributed by atoms with Gasteiger partial charge in [-0.05, 0) is 55.9 Å². The molecule has 0 aromatic heterocycles. The third-order valence-corrected chi connectivity index (χ3v) is 7.68. The third-order valence-electron chi connectivity index (χ3n) is 5.48. The van der Waals surface area contributed by atoms with E-state index in [1.165, 1.54) is 12.1 Å². The van der Waals surface area contributed by atoms with Crippen molar-refractivity contribution in [2.24, 2.45) is 11.3 Å². The van der Waals surface area contributed by atoms with Crippen molar-refractivity contribution in [3.05, 3.63) is 29.3 Å². The third kappa shape index (κ3) is 2.69. The molecule has 0 bridgehead atoms. The first-order valence-electron chi connectivity index (χ1n) is 8.31. The maximum Gasteiger partial charge on any atom is 0.243 e. The van der Waals surface area contributed by atoms with E-state index in [9.17, 15) is 13.2 Å². The lowest BCUT2D eigenvalue weighted by atomic mass is 9.96. The molecule has 1 aromatic carbocycles. The van der Waals surface area contributed by atoms with E-state index in [1.54, 1.807) is 16.4 Å². The van der Waals surface area contributed by atoms with Crippen LogP contribution in [-0.2, 0) is 19.6 Å². The van der Waals surface area contributed by atoms with Gasteiger partial charge in [0, 0.05) is 10.4 Å². The molecule has 0 amide bonds. The molecular formula is C17H20ClNO4S. The van der Waals surface area contributed by atoms with Gasteiger partial charge in [0.1, 0.15) is 6.29 Å². The molecule has 1 aliphatic heterocycles. The largest absolute Gasteiger partial charge is 0.378 e. The van der Waals surface area contributed by atoms with E-state index in [4.69, 9.17) is 16.3 Å². The number of morpholine rings is 1. The van der Waals surface area contributed by atoms with Gasteiger partial charge in [-0.2, -0.15) is 4.31 Å². The van der Waals surface area contributed by atoms with Crippen LogP contribution in [0.3, 0.4) is 0 Å². The first-order chi connectivity index (χ1) is 11.5. The van der Waals surface area contributed by atoms with Crippen LogP contribution < -0.4 is 0 Å². The van der Waals surface area contributed by atoms with Crippen molar-refractivity contribution in [1.29, 1.82) is 0 Å². The van der Waals surface area contributed by atoms with Crippen molar-refractivity contribution in [2.45, 2.75) is 42.7 Å². The normalized spacial score (nSPS) is 30.0. The highest BCUT2D eigenvalue weighted by atomic mass is 35.5. The highest BCUT2D eigenvalue weighted by molar-refractivity contribution is 7.89. The zero-order chi connectivity index (χ0) is 16.9. The zero-order valence-electron chi connectivity index (χ0n) is 13.2. The molecule has 5 nitrogen and oxygen atoms in total. The standard InChI is InChI=1S/C17H20ClNO4S/c18-13-3-5-14(6-4-13)24(21,22)19-15(12-1-2-12)9-23-10-16(19)17(11-20)7-8-17/h3-6,11-12,15-16H,1-2,7-10H2/t15-,16+/m0/s1. The molecule has 3 fully saturated rings. The van der Waals surface area contributed by atoms with E-state index < -0.39 is 21.5 Å². The summed E-state index contributed by atoms with van der Waals surface area (Å²) in [5, 5.41) is 0.498. The number of hydrogen-bond acceptors (Lipinski definition) is 4. The lowest BCUT2D eigenvalue weighted by Gasteiger charge is -2.43. The summed E-state index contributed by atoms with van der Waals surface area (Å²) in [7, 11) is -3.70. The number of carbonyl (C=O) groups is 1. The highest BCUT2D eigenvalue weighted by Gasteiger charge is 2.58. The molecule has 7 heteroatoms. The second kappa shape index (κ2) is 5.80. The topological polar surface area (TPSA) is 63.7 Å². The van der Waals surface area contributed by atoms with Crippen molar-refractivity contribution in [3.8, 4) is 0 Å². The molecule has 0 radical (unpaired) electrons. The Labute approximate surface area is 147 Å². The number of halogens is 1. The SMILES string of the molecule is O=CC1([C@H]2COC[C@@H](C3CC3)N2S(=O)(=O)c2ccc(Cl)cc2)CC1. The number of hydrogen-bond donors (Lipinski definition) is 0. The average molecular weight is 370 g/mol. The van der Waals surface area contributed by atoms with Crippen molar-refractivity contribution >= 4 is 27.9 Å². The highest BCUT2D eigenvalue weighted by Crippen LogP contribution is 2.52. The van der Waals surface area contributed by atoms with Gasteiger partial charge >= 0.3 is 0 Å². The molecule has 0 unspecified atom stereocenters. The van der Waals surface area contributed by atoms with Gasteiger partial charge in [-0.3, -0.25) is 0 Å². The van der Waals surface area contributed by atoms with Crippen molar-refractivity contribution < 1.29 is 17.9 Å². The Hall–Kier alpha value is -0.950. The molecular weight excluding hydrogens is 350 g/mol. The van der Waals surface area contributed by atoms with E-state index in [-0.39, 0.29) is 17.5 Å². The molecule has 0 N–H and O–H groups in total. The molecule has 0 spiro atoms. The Morgan fingerprint density at radius 3 is 2.38 bits per heavy atom. The molecule has 130 valence electrons. The van der Waals surface area contributed by atoms with Crippen molar-refractivity contribution in [3.63, 3.8) is 0 Å². The van der Waals surface area contributed by atoms with Crippen LogP contribution in [0.5, 0.6) is 0 Å². The summed E-state index contributed by atoms with van der Waals surface area (Å²) in [5.41, 5.74) is -0.576. The number of nitrogens with zero attached hydrogens (tertiary/aromatic N) is 1. The minimum atomic E-state index is -3.70. The van der Waals surface area contributed by atoms with Gasteiger partial charge in [0.15, 0.2) is 0 Å². The molecule has 24 heavy (non-hydrogen) atoms. The molecule has 2 atom stereocenters. The molecule has 1 saturated heterocycles. The lowest BCUT2D eigenvalue weighted by Crippen LogP contribution is -2.59. The molecule has 4 rings (SSSR count). The molecule has 2 aliphatic carbocycles. The van der Waals surface area contributed by atoms with Gasteiger partial charge in [-0.15, -0.1) is 0 Å². The van der Waals surface area contributed by atoms with Crippen LogP contribution in [0, 0.1) is 11.3 Å². The van der Waals surface area contributed by atoms with Crippen molar-refractivity contribution in [2.75, 3.05) is 13.2 Å². The minimum Gasteiger partial charge on any atom is -0.378 e. The summed E-state index contributed by atoms with van der Waals surface area (Å²) in [6, 6.07) is 5.66. The van der Waals surface area contributed by atoms with Crippen LogP contribution in [0.15, 0.2) is 29.2 Å². The number of aldehydes is 1. The Morgan fingerprint density at radius 1 is 1.17 bits per heavy atom. The van der Waals surface area contributed by atoms with Crippen molar-refractivity contribution in [1.82, 2.24) is 4.31 Å². The predicted octanol–water partition coefficient (Wildman–Crippen LogP) is 2.49. The fraction of sp³-hybridized carbons (Fsp3) is 0.588. The maximum absolute atomic E-state index is 13.4. The van der Waals surface area contributed by atoms with Crippen LogP contribution in [0.4, 0.5) is 0 Å². The fourth-order valence-corrected chi connectivity index (χ4v) is 5.72. The summed E-state index contributed by atoms with van der Waals surface area (Å²) in [5.74, 6) is 0.331. The number of ether oxygens (including phenoxy) is 1. The van der Waals surface area contributed by atoms with Gasteiger partial charge in [0.2, 0.25) is 10.0 Å². The number of sulfonamides is 1. The second-order valence-corrected chi connectivity index (χ2v) is 9.38. The van der Waals surface area contributed by atoms with E-state index >= 15 is 0 Å². The number of carbonyl (C=O) groups excluding carboxylic acids is 1. The van der Waals surface area contributed by atoms with Gasteiger partial charge in [0.05, 0.1) is 30.2 Å². The molecule has 1 aromatic rings. The second-order valence-electron chi connectivity index (χ2n) is 7.10. The Balaban J connectivity index is 1.76. The first kappa shape index (κ1) is 16.5. The van der Waals surface area contributed by atoms with Gasteiger partial charge in [0.25, 0.3) is 0 Å². The Bertz CT molecular complexity index is 740. The minimum absolute atomic E-state index is 0.179. The molecule has 2 saturated carbocycles. The lowest BCUT2D eigenvalue weighted by molar-refractivity contribution is -0.117. The van der Waals surface area contributed by atoms with Crippen LogP contribution in [0.2, 0.25) is 5.02 Å². The average Bonchev–Trinajstić information content (AvgIpc) is 3.49. The first-order valence-corrected chi connectivity index (χ1v) is 10.1. The monoisotopic (exact) mass is 369 g/mol. The Morgan fingerprint density at radius 2 is 1.83 bits per heavy atom. The van der Waals surface area contributed by atoms with E-state index in [1.807, 2.05) is 0 Å². The summed E-state index contributed by atoms with van der Waals surface area (Å²) >= 11 is 5.90. The van der Waals surface area contributed by atoms with Crippen LogP contribution >= 0.6 is 11.6 Å². The number of rotatable bonds is 5. The summed E-state index contributed by atoms with van der Waals surface area (Å²) in [4.78, 5) is 11.9. The maximum atomic E-state index is 13.4. The summed E-state index contributed by atoms with van der Waals surface area (Å²) in [6.45, 7) is 0.692. The predicted molar refractivity (Wildman–Crippen MR) is 89.3 cm³/mol. The van der Waals surface area contributed by atoms with Crippen LogP contribution in [0.25, 0.3) is 0 Å². The zero-order valence-corrected chi connectivity index (χ0v) is 14.8. The summed E-state index contributed by atoms with van der Waals surface area (Å²) < 4.78 is 34.0. The van der Waals surface area contributed by atoms with E-state index in [0.717, 1.165) is 32.0 Å². The smallest absolute Gasteiger partial charge is 0.243 e. The van der Waals surface area contributed by atoms with E-state index in [2.05, 4.69) is 0 Å². The van der Waals surface area contributed by atoms with Crippen LogP contribution in [0.1, 0.15) is 25.7 Å². The Kier molecular flexibility index (Phi) is 3.99. The molecule has 1 heterocycles. The van der Waals surface area contributed by atoms with Gasteiger partial charge < -0.3 is 9.53 Å². The molecule has 3 aliphatic rings. The van der Waals surface area contributed by atoms with Crippen LogP contribution in [-0.4, -0.2) is 44.3 Å². The van der Waals surface area contributed by atoms with Gasteiger partial charge in [-0.1, -0.05) is 11.6 Å². The van der Waals surface area contributed by atoms with Gasteiger partial charge in [-0.25, -0.2) is 8.42 Å².